The van der Waals surface area contributed by atoms with E-state index in [-0.39, 0.29) is 11.8 Å². The number of hydrogen-bond acceptors (Lipinski definition) is 7. The molecule has 2 aromatic heterocycles. The highest BCUT2D eigenvalue weighted by Gasteiger charge is 2.17. The normalized spacial score (nSPS) is 11.2. The summed E-state index contributed by atoms with van der Waals surface area (Å²) in [5.74, 6) is -0.411. The molecule has 0 atom stereocenters. The smallest absolute Gasteiger partial charge is 0.272 e. The Bertz CT molecular complexity index is 1550. The number of nitrogens with zero attached hydrogens (tertiary/aromatic N) is 6. The molecule has 192 valence electrons. The maximum absolute atomic E-state index is 13.1. The van der Waals surface area contributed by atoms with Crippen molar-refractivity contribution in [2.75, 3.05) is 20.4 Å². The van der Waals surface area contributed by atoms with Crippen LogP contribution < -0.4 is 10.6 Å². The summed E-state index contributed by atoms with van der Waals surface area (Å²) in [7, 11) is 5.18. The maximum Gasteiger partial charge on any atom is 0.272 e. The lowest BCUT2D eigenvalue weighted by Gasteiger charge is -2.10. The van der Waals surface area contributed by atoms with Crippen LogP contribution in [0.2, 0.25) is 0 Å². The summed E-state index contributed by atoms with van der Waals surface area (Å²) in [6, 6.07) is 16.6. The van der Waals surface area contributed by atoms with Gasteiger partial charge in [-0.2, -0.15) is 10.4 Å². The Kier molecular flexibility index (Phi) is 8.03. The first-order chi connectivity index (χ1) is 18.3. The van der Waals surface area contributed by atoms with Crippen LogP contribution in [0, 0.1) is 11.5 Å². The van der Waals surface area contributed by atoms with Crippen molar-refractivity contribution in [3.8, 4) is 17.5 Å². The Morgan fingerprint density at radius 2 is 1.89 bits per heavy atom. The van der Waals surface area contributed by atoms with Crippen LogP contribution in [-0.2, 0) is 13.6 Å². The van der Waals surface area contributed by atoms with Crippen molar-refractivity contribution in [2.45, 2.75) is 6.54 Å². The number of benzene rings is 2. The van der Waals surface area contributed by atoms with Gasteiger partial charge in [0.2, 0.25) is 0 Å². The number of nitrogens with one attached hydrogen (secondary N) is 2. The summed E-state index contributed by atoms with van der Waals surface area (Å²) >= 11 is 1.34. The summed E-state index contributed by atoms with van der Waals surface area (Å²) in [5, 5.41) is 19.9. The van der Waals surface area contributed by atoms with Gasteiger partial charge in [-0.25, -0.2) is 4.99 Å². The summed E-state index contributed by atoms with van der Waals surface area (Å²) in [4.78, 5) is 35.6. The molecule has 0 bridgehead atoms. The molecule has 10 nitrogen and oxygen atoms in total. The number of hydrogen-bond donors (Lipinski definition) is 2. The molecule has 38 heavy (non-hydrogen) atoms. The van der Waals surface area contributed by atoms with E-state index in [0.29, 0.717) is 39.7 Å². The first kappa shape index (κ1) is 26.4. The Balaban J connectivity index is 1.51. The van der Waals surface area contributed by atoms with Crippen molar-refractivity contribution >= 4 is 45.3 Å². The Labute approximate surface area is 224 Å². The molecule has 0 fully saturated rings. The lowest BCUT2D eigenvalue weighted by molar-refractivity contribution is 0.0826. The lowest BCUT2D eigenvalue weighted by Crippen LogP contribution is -2.23. The van der Waals surface area contributed by atoms with Crippen LogP contribution in [0.3, 0.4) is 0 Å². The van der Waals surface area contributed by atoms with E-state index >= 15 is 0 Å². The van der Waals surface area contributed by atoms with Crippen LogP contribution in [0.5, 0.6) is 0 Å². The average Bonchev–Trinajstić information content (AvgIpc) is 3.27. The molecule has 2 heterocycles. The van der Waals surface area contributed by atoms with Crippen LogP contribution in [0.25, 0.3) is 22.2 Å². The quantitative estimate of drug-likeness (QED) is 0.170. The fourth-order valence-electron chi connectivity index (χ4n) is 3.79. The minimum absolute atomic E-state index is 0.117. The average molecular weight is 527 g/mol. The van der Waals surface area contributed by atoms with Crippen molar-refractivity contribution in [2.24, 2.45) is 12.0 Å². The fraction of sp³-hybridized carbons (Fsp3) is 0.185. The van der Waals surface area contributed by atoms with Gasteiger partial charge in [0, 0.05) is 44.8 Å². The van der Waals surface area contributed by atoms with Gasteiger partial charge in [-0.1, -0.05) is 30.0 Å². The van der Waals surface area contributed by atoms with Crippen molar-refractivity contribution in [1.29, 1.82) is 5.26 Å². The number of carbonyl (C=O) groups is 2. The number of aromatic nitrogens is 3. The zero-order valence-corrected chi connectivity index (χ0v) is 22.2. The number of rotatable bonds is 6. The van der Waals surface area contributed by atoms with Crippen LogP contribution in [0.1, 0.15) is 26.4 Å². The molecule has 0 saturated carbocycles. The number of pyridine rings is 1. The fourth-order valence-corrected chi connectivity index (χ4v) is 4.13. The molecule has 4 rings (SSSR count). The van der Waals surface area contributed by atoms with Crippen LogP contribution in [0.4, 0.5) is 5.69 Å². The van der Waals surface area contributed by atoms with Crippen molar-refractivity contribution in [1.82, 2.24) is 30.3 Å². The second-order valence-corrected chi connectivity index (χ2v) is 9.34. The number of nitriles is 1. The van der Waals surface area contributed by atoms with Gasteiger partial charge in [-0.15, -0.1) is 0 Å². The van der Waals surface area contributed by atoms with Crippen LogP contribution in [-0.4, -0.2) is 57.0 Å². The summed E-state index contributed by atoms with van der Waals surface area (Å²) < 4.78 is 1.67. The van der Waals surface area contributed by atoms with Gasteiger partial charge in [-0.05, 0) is 48.2 Å². The van der Waals surface area contributed by atoms with Crippen molar-refractivity contribution in [3.63, 3.8) is 0 Å². The van der Waals surface area contributed by atoms with Gasteiger partial charge in [0.1, 0.15) is 0 Å². The number of amidine groups is 1. The second kappa shape index (κ2) is 11.6. The van der Waals surface area contributed by atoms with E-state index in [9.17, 15) is 9.59 Å². The number of amides is 2. The van der Waals surface area contributed by atoms with E-state index in [1.807, 2.05) is 54.9 Å². The zero-order chi connectivity index (χ0) is 27.2. The minimum atomic E-state index is -0.294. The predicted molar refractivity (Wildman–Crippen MR) is 149 cm³/mol. The van der Waals surface area contributed by atoms with E-state index in [1.54, 1.807) is 44.2 Å². The van der Waals surface area contributed by atoms with Gasteiger partial charge in [0.15, 0.2) is 17.1 Å². The number of thioether (sulfide) groups is 1. The Morgan fingerprint density at radius 1 is 1.13 bits per heavy atom. The summed E-state index contributed by atoms with van der Waals surface area (Å²) in [6.45, 7) is 0.315. The maximum atomic E-state index is 13.1. The second-order valence-electron chi connectivity index (χ2n) is 8.54. The highest BCUT2D eigenvalue weighted by molar-refractivity contribution is 8.13. The summed E-state index contributed by atoms with van der Waals surface area (Å²) in [6.07, 6.45) is 5.25. The SMILES string of the molecule is CSC(=Nc1ccc(CNC(=O)c2nn(C)c3ccc(-c4ccc(C(=O)N(C)C)cn4)cc23)cc1)NC#N. The monoisotopic (exact) mass is 526 g/mol. The molecule has 0 radical (unpaired) electrons. The zero-order valence-electron chi connectivity index (χ0n) is 21.4. The molecule has 0 unspecified atom stereocenters. The van der Waals surface area contributed by atoms with Gasteiger partial charge in [-0.3, -0.25) is 24.6 Å². The van der Waals surface area contributed by atoms with Gasteiger partial charge in [0.25, 0.3) is 11.8 Å². The topological polar surface area (TPSA) is 128 Å². The molecule has 2 N–H and O–H groups in total. The third-order valence-electron chi connectivity index (χ3n) is 5.75. The molecular formula is C27H26N8O2S. The largest absolute Gasteiger partial charge is 0.347 e. The van der Waals surface area contributed by atoms with E-state index in [1.165, 1.54) is 16.7 Å². The third kappa shape index (κ3) is 5.82. The molecule has 0 aliphatic carbocycles. The number of carbonyl (C=O) groups excluding carboxylic acids is 2. The van der Waals surface area contributed by atoms with E-state index < -0.39 is 0 Å². The first-order valence-corrected chi connectivity index (χ1v) is 12.8. The van der Waals surface area contributed by atoms with E-state index in [4.69, 9.17) is 5.26 Å². The van der Waals surface area contributed by atoms with E-state index in [0.717, 1.165) is 16.6 Å². The van der Waals surface area contributed by atoms with Crippen molar-refractivity contribution in [3.05, 3.63) is 77.6 Å². The van der Waals surface area contributed by atoms with Gasteiger partial charge < -0.3 is 10.2 Å². The Hall–Kier alpha value is -4.69. The number of aliphatic imine (C=N–C) groups is 1. The predicted octanol–water partition coefficient (Wildman–Crippen LogP) is 3.69. The molecule has 0 aliphatic rings. The standard InChI is InChI=1S/C27H26N8O2S/c1-34(2)26(37)19-7-11-22(29-15-19)18-8-12-23-21(13-18)24(33-35(23)3)25(36)30-14-17-5-9-20(10-6-17)32-27(38-4)31-16-28/h5-13,15H,14H2,1-4H3,(H,30,36)(H,31,32). The van der Waals surface area contributed by atoms with Crippen LogP contribution in [0.15, 0.2) is 65.8 Å². The van der Waals surface area contributed by atoms with Crippen LogP contribution >= 0.6 is 11.8 Å². The van der Waals surface area contributed by atoms with E-state index in [2.05, 4.69) is 25.7 Å². The van der Waals surface area contributed by atoms with Gasteiger partial charge >= 0.3 is 0 Å². The molecular weight excluding hydrogens is 500 g/mol. The Morgan fingerprint density at radius 3 is 2.53 bits per heavy atom. The number of fused-ring (bicyclic) bond motifs is 1. The first-order valence-electron chi connectivity index (χ1n) is 11.6. The number of aryl methyl sites for hydroxylation is 1. The molecule has 0 aliphatic heterocycles. The summed E-state index contributed by atoms with van der Waals surface area (Å²) in [5.41, 5.74) is 4.74. The minimum Gasteiger partial charge on any atom is -0.347 e. The van der Waals surface area contributed by atoms with Crippen molar-refractivity contribution < 1.29 is 9.59 Å². The molecule has 0 spiro atoms. The molecule has 2 aromatic carbocycles. The third-order valence-corrected chi connectivity index (χ3v) is 6.33. The molecule has 4 aromatic rings. The molecule has 2 amide bonds. The molecule has 0 saturated heterocycles. The lowest BCUT2D eigenvalue weighted by atomic mass is 10.1. The highest BCUT2D eigenvalue weighted by atomic mass is 32.2. The van der Waals surface area contributed by atoms with Gasteiger partial charge in [0.05, 0.1) is 22.5 Å². The molecule has 11 heteroatoms. The highest BCUT2D eigenvalue weighted by Crippen LogP contribution is 2.26.